The van der Waals surface area contributed by atoms with Gasteiger partial charge in [-0.25, -0.2) is 4.79 Å². The van der Waals surface area contributed by atoms with E-state index in [-0.39, 0.29) is 23.8 Å². The standard InChI is InChI=1S/C21H31N5O3/c1-15(2)5-10-23-20(29)26-12-17-11-25(18(27)16-6-8-22-9-7-16)13-21(17,14-26)19(28)24(3)4/h6-9,15,17H,5,10-14H2,1-4H3,(H,23,29)/t17-,21-/m0/s1. The zero-order valence-electron chi connectivity index (χ0n) is 17.7. The molecule has 0 radical (unpaired) electrons. The first-order chi connectivity index (χ1) is 13.7. The summed E-state index contributed by atoms with van der Waals surface area (Å²) in [6.45, 7) is 6.47. The van der Waals surface area contributed by atoms with Crippen molar-refractivity contribution >= 4 is 17.8 Å². The van der Waals surface area contributed by atoms with E-state index in [1.807, 2.05) is 0 Å². The van der Waals surface area contributed by atoms with Crippen molar-refractivity contribution in [2.75, 3.05) is 46.8 Å². The lowest BCUT2D eigenvalue weighted by molar-refractivity contribution is -0.139. The Balaban J connectivity index is 1.74. The number of fused-ring (bicyclic) bond motifs is 1. The minimum absolute atomic E-state index is 0.0231. The van der Waals surface area contributed by atoms with Crippen LogP contribution in [0.1, 0.15) is 30.6 Å². The number of nitrogens with zero attached hydrogens (tertiary/aromatic N) is 4. The average molecular weight is 402 g/mol. The van der Waals surface area contributed by atoms with E-state index < -0.39 is 5.41 Å². The molecule has 0 aliphatic carbocycles. The number of rotatable bonds is 5. The molecule has 2 saturated heterocycles. The maximum Gasteiger partial charge on any atom is 0.317 e. The second-order valence-electron chi connectivity index (χ2n) is 8.77. The van der Waals surface area contributed by atoms with E-state index in [1.54, 1.807) is 53.3 Å². The molecule has 0 unspecified atom stereocenters. The highest BCUT2D eigenvalue weighted by Crippen LogP contribution is 2.44. The molecule has 8 heteroatoms. The van der Waals surface area contributed by atoms with Crippen molar-refractivity contribution in [3.8, 4) is 0 Å². The second-order valence-corrected chi connectivity index (χ2v) is 8.77. The molecular weight excluding hydrogens is 370 g/mol. The van der Waals surface area contributed by atoms with Gasteiger partial charge < -0.3 is 20.0 Å². The van der Waals surface area contributed by atoms with E-state index in [1.165, 1.54) is 0 Å². The van der Waals surface area contributed by atoms with E-state index in [4.69, 9.17) is 0 Å². The molecular formula is C21H31N5O3. The Hall–Kier alpha value is -2.64. The number of amides is 4. The summed E-state index contributed by atoms with van der Waals surface area (Å²) in [4.78, 5) is 47.7. The maximum absolute atomic E-state index is 13.1. The maximum atomic E-state index is 13.1. The van der Waals surface area contributed by atoms with Gasteiger partial charge in [-0.1, -0.05) is 13.8 Å². The molecule has 2 fully saturated rings. The lowest BCUT2D eigenvalue weighted by Crippen LogP contribution is -2.49. The van der Waals surface area contributed by atoms with Gasteiger partial charge in [0.25, 0.3) is 5.91 Å². The van der Waals surface area contributed by atoms with E-state index in [9.17, 15) is 14.4 Å². The van der Waals surface area contributed by atoms with E-state index in [0.29, 0.717) is 44.2 Å². The van der Waals surface area contributed by atoms with Crippen molar-refractivity contribution < 1.29 is 14.4 Å². The molecule has 1 aromatic heterocycles. The summed E-state index contributed by atoms with van der Waals surface area (Å²) >= 11 is 0. The van der Waals surface area contributed by atoms with Crippen molar-refractivity contribution in [3.63, 3.8) is 0 Å². The van der Waals surface area contributed by atoms with Crippen LogP contribution < -0.4 is 5.32 Å². The summed E-state index contributed by atoms with van der Waals surface area (Å²) in [5.74, 6) is 0.326. The summed E-state index contributed by atoms with van der Waals surface area (Å²) in [6.07, 6.45) is 4.10. The number of nitrogens with one attached hydrogen (secondary N) is 1. The molecule has 29 heavy (non-hydrogen) atoms. The van der Waals surface area contributed by atoms with Crippen LogP contribution in [0.25, 0.3) is 0 Å². The number of carbonyl (C=O) groups is 3. The Labute approximate surface area is 172 Å². The zero-order valence-corrected chi connectivity index (χ0v) is 17.7. The monoisotopic (exact) mass is 401 g/mol. The lowest BCUT2D eigenvalue weighted by Gasteiger charge is -2.30. The summed E-state index contributed by atoms with van der Waals surface area (Å²) in [5, 5.41) is 2.97. The number of hydrogen-bond acceptors (Lipinski definition) is 4. The van der Waals surface area contributed by atoms with E-state index >= 15 is 0 Å². The van der Waals surface area contributed by atoms with Crippen LogP contribution in [-0.2, 0) is 4.79 Å². The van der Waals surface area contributed by atoms with Gasteiger partial charge in [-0.2, -0.15) is 0 Å². The minimum Gasteiger partial charge on any atom is -0.348 e. The van der Waals surface area contributed by atoms with Gasteiger partial charge in [0.2, 0.25) is 5.91 Å². The number of carbonyl (C=O) groups excluding carboxylic acids is 3. The molecule has 2 aliphatic heterocycles. The van der Waals surface area contributed by atoms with Crippen molar-refractivity contribution in [2.24, 2.45) is 17.3 Å². The predicted octanol–water partition coefficient (Wildman–Crippen LogP) is 1.30. The van der Waals surface area contributed by atoms with Crippen molar-refractivity contribution in [3.05, 3.63) is 30.1 Å². The summed E-state index contributed by atoms with van der Waals surface area (Å²) in [6, 6.07) is 3.24. The van der Waals surface area contributed by atoms with Crippen molar-refractivity contribution in [1.82, 2.24) is 25.0 Å². The van der Waals surface area contributed by atoms with Crippen LogP contribution in [0.2, 0.25) is 0 Å². The molecule has 8 nitrogen and oxygen atoms in total. The number of urea groups is 1. The van der Waals surface area contributed by atoms with Crippen LogP contribution in [0.15, 0.2) is 24.5 Å². The van der Waals surface area contributed by atoms with E-state index in [2.05, 4.69) is 24.1 Å². The fourth-order valence-corrected chi connectivity index (χ4v) is 4.38. The van der Waals surface area contributed by atoms with Gasteiger partial charge in [0.05, 0.1) is 5.41 Å². The molecule has 0 spiro atoms. The van der Waals surface area contributed by atoms with Gasteiger partial charge in [-0.05, 0) is 24.5 Å². The SMILES string of the molecule is CC(C)CCNC(=O)N1C[C@@H]2CN(C(=O)c3ccncc3)C[C@]2(C(=O)N(C)C)C1. The number of aromatic nitrogens is 1. The van der Waals surface area contributed by atoms with Crippen LogP contribution in [-0.4, -0.2) is 84.3 Å². The van der Waals surface area contributed by atoms with Gasteiger partial charge in [-0.3, -0.25) is 14.6 Å². The van der Waals surface area contributed by atoms with Crippen LogP contribution in [0, 0.1) is 17.3 Å². The molecule has 0 bridgehead atoms. The topological polar surface area (TPSA) is 85.9 Å². The zero-order chi connectivity index (χ0) is 21.2. The first kappa shape index (κ1) is 21.1. The molecule has 1 aromatic rings. The first-order valence-corrected chi connectivity index (χ1v) is 10.2. The average Bonchev–Trinajstić information content (AvgIpc) is 3.22. The van der Waals surface area contributed by atoms with Gasteiger partial charge >= 0.3 is 6.03 Å². The molecule has 158 valence electrons. The van der Waals surface area contributed by atoms with Crippen LogP contribution in [0.5, 0.6) is 0 Å². The third-order valence-electron chi connectivity index (χ3n) is 5.94. The third kappa shape index (κ3) is 4.21. The Morgan fingerprint density at radius 1 is 1.17 bits per heavy atom. The van der Waals surface area contributed by atoms with E-state index in [0.717, 1.165) is 6.42 Å². The molecule has 0 saturated carbocycles. The summed E-state index contributed by atoms with van der Waals surface area (Å²) in [7, 11) is 3.46. The molecule has 2 atom stereocenters. The number of pyridine rings is 1. The van der Waals surface area contributed by atoms with Gasteiger partial charge in [0, 0.05) is 70.7 Å². The second kappa shape index (κ2) is 8.39. The van der Waals surface area contributed by atoms with Crippen LogP contribution in [0.3, 0.4) is 0 Å². The Kier molecular flexibility index (Phi) is 6.10. The quantitative estimate of drug-likeness (QED) is 0.806. The highest BCUT2D eigenvalue weighted by atomic mass is 16.2. The highest BCUT2D eigenvalue weighted by Gasteiger charge is 2.59. The normalized spacial score (nSPS) is 23.3. The molecule has 3 heterocycles. The molecule has 3 rings (SSSR count). The van der Waals surface area contributed by atoms with Gasteiger partial charge in [0.15, 0.2) is 0 Å². The highest BCUT2D eigenvalue weighted by molar-refractivity contribution is 5.95. The largest absolute Gasteiger partial charge is 0.348 e. The predicted molar refractivity (Wildman–Crippen MR) is 109 cm³/mol. The molecule has 4 amide bonds. The number of hydrogen-bond donors (Lipinski definition) is 1. The van der Waals surface area contributed by atoms with Crippen LogP contribution in [0.4, 0.5) is 4.79 Å². The van der Waals surface area contributed by atoms with Crippen LogP contribution >= 0.6 is 0 Å². The molecule has 2 aliphatic rings. The first-order valence-electron chi connectivity index (χ1n) is 10.2. The fraction of sp³-hybridized carbons (Fsp3) is 0.619. The fourth-order valence-electron chi connectivity index (χ4n) is 4.38. The minimum atomic E-state index is -0.748. The van der Waals surface area contributed by atoms with Crippen molar-refractivity contribution in [1.29, 1.82) is 0 Å². The Bertz CT molecular complexity index is 767. The van der Waals surface area contributed by atoms with Gasteiger partial charge in [-0.15, -0.1) is 0 Å². The smallest absolute Gasteiger partial charge is 0.317 e. The van der Waals surface area contributed by atoms with Gasteiger partial charge in [0.1, 0.15) is 0 Å². The summed E-state index contributed by atoms with van der Waals surface area (Å²) < 4.78 is 0. The number of likely N-dealkylation sites (tertiary alicyclic amines) is 2. The third-order valence-corrected chi connectivity index (χ3v) is 5.94. The Morgan fingerprint density at radius 2 is 1.79 bits per heavy atom. The Morgan fingerprint density at radius 3 is 2.41 bits per heavy atom. The summed E-state index contributed by atoms with van der Waals surface area (Å²) in [5.41, 5.74) is -0.183. The molecule has 1 N–H and O–H groups in total. The lowest BCUT2D eigenvalue weighted by atomic mass is 9.80. The van der Waals surface area contributed by atoms with Crippen molar-refractivity contribution in [2.45, 2.75) is 20.3 Å². The molecule has 0 aromatic carbocycles.